The van der Waals surface area contributed by atoms with E-state index < -0.39 is 8.56 Å². The molecule has 0 amide bonds. The maximum Gasteiger partial charge on any atom is 0.367 e. The van der Waals surface area contributed by atoms with Gasteiger partial charge in [0.05, 0.1) is 0 Å². The Morgan fingerprint density at radius 3 is 2.18 bits per heavy atom. The first-order valence-corrected chi connectivity index (χ1v) is 8.78. The maximum absolute atomic E-state index is 5.81. The Balaban J connectivity index is 3.03. The highest BCUT2D eigenvalue weighted by molar-refractivity contribution is 6.75. The van der Waals surface area contributed by atoms with Crippen molar-refractivity contribution in [3.63, 3.8) is 0 Å². The molecule has 1 rings (SSSR count). The number of rotatable bonds is 6. The van der Waals surface area contributed by atoms with Gasteiger partial charge in [-0.05, 0) is 49.9 Å². The van der Waals surface area contributed by atoms with Crippen molar-refractivity contribution in [2.24, 2.45) is 5.73 Å². The van der Waals surface area contributed by atoms with Crippen LogP contribution in [0.15, 0.2) is 10.8 Å². The molecule has 1 aliphatic carbocycles. The van der Waals surface area contributed by atoms with E-state index in [2.05, 4.69) is 6.92 Å². The number of hydrogen-bond acceptors (Lipinski definition) is 3. The highest BCUT2D eigenvalue weighted by Gasteiger charge is 2.39. The molecule has 0 unspecified atom stereocenters. The summed E-state index contributed by atoms with van der Waals surface area (Å²) in [6, 6.07) is 0.971. The Bertz CT molecular complexity index is 246. The van der Waals surface area contributed by atoms with Crippen LogP contribution in [0.25, 0.3) is 0 Å². The summed E-state index contributed by atoms with van der Waals surface area (Å²) >= 11 is 0. The zero-order valence-electron chi connectivity index (χ0n) is 11.6. The van der Waals surface area contributed by atoms with Crippen molar-refractivity contribution in [3.8, 4) is 0 Å². The molecule has 0 heterocycles. The molecule has 1 fully saturated rings. The molecule has 100 valence electrons. The highest BCUT2D eigenvalue weighted by atomic mass is 28.4. The van der Waals surface area contributed by atoms with Crippen molar-refractivity contribution >= 4 is 8.56 Å². The van der Waals surface area contributed by atoms with Crippen LogP contribution in [0.3, 0.4) is 0 Å². The third-order valence-corrected chi connectivity index (χ3v) is 7.64. The molecule has 0 aliphatic heterocycles. The Morgan fingerprint density at radius 1 is 1.18 bits per heavy atom. The van der Waals surface area contributed by atoms with Crippen molar-refractivity contribution in [2.45, 2.75) is 51.5 Å². The van der Waals surface area contributed by atoms with E-state index in [-0.39, 0.29) is 0 Å². The van der Waals surface area contributed by atoms with Gasteiger partial charge in [0.25, 0.3) is 0 Å². The second kappa shape index (κ2) is 7.31. The summed E-state index contributed by atoms with van der Waals surface area (Å²) in [6.07, 6.45) is 7.36. The fourth-order valence-corrected chi connectivity index (χ4v) is 5.87. The predicted molar refractivity (Wildman–Crippen MR) is 74.0 cm³/mol. The van der Waals surface area contributed by atoms with Gasteiger partial charge in [-0.2, -0.15) is 0 Å². The predicted octanol–water partition coefficient (Wildman–Crippen LogP) is 2.89. The van der Waals surface area contributed by atoms with E-state index >= 15 is 0 Å². The smallest absolute Gasteiger partial charge is 0.367 e. The molecule has 4 heteroatoms. The lowest BCUT2D eigenvalue weighted by Crippen LogP contribution is -2.43. The second-order valence-electron chi connectivity index (χ2n) is 4.70. The fourth-order valence-electron chi connectivity index (χ4n) is 2.89. The Hall–Kier alpha value is -0.163. The molecule has 0 aromatic rings. The molecule has 17 heavy (non-hydrogen) atoms. The largest absolute Gasteiger partial charge is 0.395 e. The monoisotopic (exact) mass is 257 g/mol. The average molecular weight is 257 g/mol. The van der Waals surface area contributed by atoms with E-state index in [1.54, 1.807) is 19.8 Å². The molecule has 0 aromatic heterocycles. The van der Waals surface area contributed by atoms with Crippen molar-refractivity contribution in [1.29, 1.82) is 0 Å². The summed E-state index contributed by atoms with van der Waals surface area (Å²) < 4.78 is 11.6. The molecule has 0 bridgehead atoms. The van der Waals surface area contributed by atoms with Gasteiger partial charge in [0.2, 0.25) is 0 Å². The zero-order chi connectivity index (χ0) is 12.7. The third kappa shape index (κ3) is 3.41. The van der Waals surface area contributed by atoms with Crippen LogP contribution in [-0.2, 0) is 8.85 Å². The van der Waals surface area contributed by atoms with Gasteiger partial charge in [-0.15, -0.1) is 0 Å². The quantitative estimate of drug-likeness (QED) is 0.744. The highest BCUT2D eigenvalue weighted by Crippen LogP contribution is 2.34. The van der Waals surface area contributed by atoms with E-state index in [1.165, 1.54) is 37.3 Å². The SMILES string of the molecule is CC[Si](OC)(OC)C(CCN)=C1CCCCC1. The van der Waals surface area contributed by atoms with Crippen LogP contribution >= 0.6 is 0 Å². The average Bonchev–Trinajstić information content (AvgIpc) is 2.41. The van der Waals surface area contributed by atoms with E-state index in [1.807, 2.05) is 0 Å². The van der Waals surface area contributed by atoms with Crippen LogP contribution in [0, 0.1) is 0 Å². The lowest BCUT2D eigenvalue weighted by Gasteiger charge is -2.32. The first-order valence-electron chi connectivity index (χ1n) is 6.75. The van der Waals surface area contributed by atoms with Gasteiger partial charge in [-0.25, -0.2) is 0 Å². The van der Waals surface area contributed by atoms with E-state index in [0.29, 0.717) is 6.54 Å². The van der Waals surface area contributed by atoms with Gasteiger partial charge in [0, 0.05) is 14.2 Å². The summed E-state index contributed by atoms with van der Waals surface area (Å²) in [5, 5.41) is 1.44. The van der Waals surface area contributed by atoms with Crippen molar-refractivity contribution in [3.05, 3.63) is 10.8 Å². The molecule has 1 saturated carbocycles. The first kappa shape index (κ1) is 14.9. The number of nitrogens with two attached hydrogens (primary N) is 1. The molecule has 0 atom stereocenters. The standard InChI is InChI=1S/C13H27NO2Si/c1-4-17(15-2,16-3)13(10-11-14)12-8-6-5-7-9-12/h4-11,14H2,1-3H3. The maximum atomic E-state index is 5.81. The molecular formula is C13H27NO2Si. The summed E-state index contributed by atoms with van der Waals surface area (Å²) in [5.74, 6) is 0. The Labute approximate surface area is 107 Å². The minimum absolute atomic E-state index is 0.695. The zero-order valence-corrected chi connectivity index (χ0v) is 12.6. The van der Waals surface area contributed by atoms with Gasteiger partial charge < -0.3 is 14.6 Å². The van der Waals surface area contributed by atoms with Gasteiger partial charge in [0.1, 0.15) is 0 Å². The van der Waals surface area contributed by atoms with E-state index in [9.17, 15) is 0 Å². The van der Waals surface area contributed by atoms with Gasteiger partial charge in [-0.3, -0.25) is 0 Å². The third-order valence-electron chi connectivity index (χ3n) is 3.86. The van der Waals surface area contributed by atoms with Crippen molar-refractivity contribution in [1.82, 2.24) is 0 Å². The van der Waals surface area contributed by atoms with Gasteiger partial charge in [-0.1, -0.05) is 18.9 Å². The van der Waals surface area contributed by atoms with Gasteiger partial charge >= 0.3 is 8.56 Å². The molecular weight excluding hydrogens is 230 g/mol. The minimum atomic E-state index is -2.16. The minimum Gasteiger partial charge on any atom is -0.395 e. The van der Waals surface area contributed by atoms with Crippen LogP contribution in [0.1, 0.15) is 45.4 Å². The van der Waals surface area contributed by atoms with Crippen molar-refractivity contribution < 1.29 is 8.85 Å². The molecule has 0 spiro atoms. The lowest BCUT2D eigenvalue weighted by atomic mass is 9.94. The fraction of sp³-hybridized carbons (Fsp3) is 0.846. The first-order chi connectivity index (χ1) is 8.24. The normalized spacial score (nSPS) is 17.3. The number of hydrogen-bond donors (Lipinski definition) is 1. The van der Waals surface area contributed by atoms with Crippen LogP contribution in [0.5, 0.6) is 0 Å². The topological polar surface area (TPSA) is 44.5 Å². The number of allylic oxidation sites excluding steroid dienone is 1. The summed E-state index contributed by atoms with van der Waals surface area (Å²) in [5.41, 5.74) is 7.36. The molecule has 3 nitrogen and oxygen atoms in total. The summed E-state index contributed by atoms with van der Waals surface area (Å²) in [4.78, 5) is 0. The van der Waals surface area contributed by atoms with E-state index in [0.717, 1.165) is 12.5 Å². The van der Waals surface area contributed by atoms with E-state index in [4.69, 9.17) is 14.6 Å². The van der Waals surface area contributed by atoms with Gasteiger partial charge in [0.15, 0.2) is 0 Å². The molecule has 0 saturated heterocycles. The summed E-state index contributed by atoms with van der Waals surface area (Å²) in [6.45, 7) is 2.86. The van der Waals surface area contributed by atoms with Crippen LogP contribution in [0.4, 0.5) is 0 Å². The lowest BCUT2D eigenvalue weighted by molar-refractivity contribution is 0.251. The molecule has 0 radical (unpaired) electrons. The molecule has 1 aliphatic rings. The molecule has 0 aromatic carbocycles. The van der Waals surface area contributed by atoms with Crippen LogP contribution in [-0.4, -0.2) is 29.3 Å². The van der Waals surface area contributed by atoms with Crippen LogP contribution in [0.2, 0.25) is 6.04 Å². The second-order valence-corrected chi connectivity index (χ2v) is 8.33. The summed E-state index contributed by atoms with van der Waals surface area (Å²) in [7, 11) is 1.43. The van der Waals surface area contributed by atoms with Crippen molar-refractivity contribution in [2.75, 3.05) is 20.8 Å². The Morgan fingerprint density at radius 2 is 1.76 bits per heavy atom. The van der Waals surface area contributed by atoms with Crippen LogP contribution < -0.4 is 5.73 Å². The molecule has 2 N–H and O–H groups in total. The Kier molecular flexibility index (Phi) is 6.41.